The highest BCUT2D eigenvalue weighted by Gasteiger charge is 2.26. The number of benzene rings is 1. The van der Waals surface area contributed by atoms with Gasteiger partial charge >= 0.3 is 0 Å². The molecule has 0 radical (unpaired) electrons. The average Bonchev–Trinajstić information content (AvgIpc) is 3.42. The summed E-state index contributed by atoms with van der Waals surface area (Å²) < 4.78 is 0. The summed E-state index contributed by atoms with van der Waals surface area (Å²) >= 11 is 8.17. The van der Waals surface area contributed by atoms with E-state index in [9.17, 15) is 4.79 Å². The van der Waals surface area contributed by atoms with Gasteiger partial charge in [0, 0.05) is 43.1 Å². The minimum absolute atomic E-state index is 0.0878. The van der Waals surface area contributed by atoms with Gasteiger partial charge in [-0.3, -0.25) is 14.6 Å². The average molecular weight is 448 g/mol. The van der Waals surface area contributed by atoms with Crippen LogP contribution in [0.15, 0.2) is 29.6 Å². The molecule has 0 spiro atoms. The fourth-order valence-corrected chi connectivity index (χ4v) is 5.41. The summed E-state index contributed by atoms with van der Waals surface area (Å²) in [4.78, 5) is 24.2. The number of thiazole rings is 1. The molecule has 30 heavy (non-hydrogen) atoms. The van der Waals surface area contributed by atoms with Gasteiger partial charge in [0.1, 0.15) is 0 Å². The van der Waals surface area contributed by atoms with Crippen LogP contribution in [0.4, 0.5) is 5.13 Å². The first kappa shape index (κ1) is 21.6. The Kier molecular flexibility index (Phi) is 7.25. The fourth-order valence-electron chi connectivity index (χ4n) is 4.29. The van der Waals surface area contributed by atoms with E-state index < -0.39 is 0 Å². The maximum Gasteiger partial charge on any atom is 0.234 e. The van der Waals surface area contributed by atoms with Crippen LogP contribution in [0.2, 0.25) is 5.02 Å². The zero-order valence-electron chi connectivity index (χ0n) is 17.5. The summed E-state index contributed by atoms with van der Waals surface area (Å²) in [6.07, 6.45) is 2.41. The summed E-state index contributed by atoms with van der Waals surface area (Å²) in [5, 5.41) is 7.13. The van der Waals surface area contributed by atoms with Crippen LogP contribution in [0.1, 0.15) is 30.1 Å². The molecule has 1 N–H and O–H groups in total. The number of hydrogen-bond acceptors (Lipinski definition) is 6. The van der Waals surface area contributed by atoms with Crippen LogP contribution in [-0.2, 0) is 4.79 Å². The quantitative estimate of drug-likeness (QED) is 0.706. The van der Waals surface area contributed by atoms with E-state index in [1.165, 1.54) is 12.8 Å². The summed E-state index contributed by atoms with van der Waals surface area (Å²) in [5.41, 5.74) is 2.18. The fraction of sp³-hybridized carbons (Fsp3) is 0.545. The largest absolute Gasteiger partial charge is 0.353 e. The van der Waals surface area contributed by atoms with Gasteiger partial charge < -0.3 is 10.2 Å². The van der Waals surface area contributed by atoms with E-state index in [2.05, 4.69) is 36.4 Å². The minimum Gasteiger partial charge on any atom is -0.353 e. The predicted molar refractivity (Wildman–Crippen MR) is 124 cm³/mol. The van der Waals surface area contributed by atoms with Crippen LogP contribution in [0.25, 0.3) is 0 Å². The van der Waals surface area contributed by atoms with Gasteiger partial charge in [-0.15, -0.1) is 11.3 Å². The number of aryl methyl sites for hydroxylation is 1. The first-order chi connectivity index (χ1) is 14.6. The number of carbonyl (C=O) groups excluding carboxylic acids is 1. The smallest absolute Gasteiger partial charge is 0.234 e. The van der Waals surface area contributed by atoms with E-state index in [0.717, 1.165) is 60.7 Å². The van der Waals surface area contributed by atoms with Crippen molar-refractivity contribution in [3.05, 3.63) is 45.9 Å². The van der Waals surface area contributed by atoms with Crippen molar-refractivity contribution in [3.63, 3.8) is 0 Å². The van der Waals surface area contributed by atoms with Crippen molar-refractivity contribution in [2.75, 3.05) is 57.3 Å². The summed E-state index contributed by atoms with van der Waals surface area (Å²) in [5.74, 6) is 0.0878. The SMILES string of the molecule is Cc1csc(N2CCN(CC(=O)NCC(c3ccccc3Cl)N3CCCC3)CC2)n1. The van der Waals surface area contributed by atoms with E-state index in [1.807, 2.05) is 25.1 Å². The Hall–Kier alpha value is -1.67. The Morgan fingerprint density at radius 2 is 1.90 bits per heavy atom. The molecule has 8 heteroatoms. The third-order valence-electron chi connectivity index (χ3n) is 5.96. The molecule has 1 amide bonds. The van der Waals surface area contributed by atoms with Gasteiger partial charge in [0.2, 0.25) is 5.91 Å². The molecule has 162 valence electrons. The number of nitrogens with one attached hydrogen (secondary N) is 1. The first-order valence-electron chi connectivity index (χ1n) is 10.7. The Labute approximate surface area is 187 Å². The molecule has 6 nitrogen and oxygen atoms in total. The topological polar surface area (TPSA) is 51.7 Å². The second-order valence-electron chi connectivity index (χ2n) is 8.12. The number of halogens is 1. The summed E-state index contributed by atoms with van der Waals surface area (Å²) in [6.45, 7) is 8.78. The molecule has 2 saturated heterocycles. The van der Waals surface area contributed by atoms with E-state index in [1.54, 1.807) is 11.3 Å². The number of hydrogen-bond donors (Lipinski definition) is 1. The normalized spacial score (nSPS) is 19.2. The maximum atomic E-state index is 12.7. The molecule has 1 unspecified atom stereocenters. The number of likely N-dealkylation sites (tertiary alicyclic amines) is 1. The molecule has 0 saturated carbocycles. The van der Waals surface area contributed by atoms with Gasteiger partial charge in [-0.1, -0.05) is 29.8 Å². The van der Waals surface area contributed by atoms with Gasteiger partial charge in [-0.05, 0) is 44.5 Å². The standard InChI is InChI=1S/C22H30ClN5OS/c1-17-16-30-22(25-17)28-12-10-26(11-13-28)15-21(29)24-14-20(27-8-4-5-9-27)18-6-2-3-7-19(18)23/h2-3,6-7,16,20H,4-5,8-15H2,1H3,(H,24,29). The minimum atomic E-state index is 0.0878. The number of piperazine rings is 1. The lowest BCUT2D eigenvalue weighted by Gasteiger charge is -2.34. The van der Waals surface area contributed by atoms with Crippen molar-refractivity contribution >= 4 is 34.0 Å². The maximum absolute atomic E-state index is 12.7. The highest BCUT2D eigenvalue weighted by molar-refractivity contribution is 7.13. The van der Waals surface area contributed by atoms with Crippen molar-refractivity contribution in [1.82, 2.24) is 20.1 Å². The lowest BCUT2D eigenvalue weighted by molar-refractivity contribution is -0.122. The Morgan fingerprint density at radius 1 is 1.17 bits per heavy atom. The highest BCUT2D eigenvalue weighted by atomic mass is 35.5. The summed E-state index contributed by atoms with van der Waals surface area (Å²) in [6, 6.07) is 8.13. The number of rotatable bonds is 7. The van der Waals surface area contributed by atoms with Crippen molar-refractivity contribution < 1.29 is 4.79 Å². The zero-order chi connectivity index (χ0) is 20.9. The molecule has 2 aliphatic heterocycles. The molecule has 4 rings (SSSR count). The van der Waals surface area contributed by atoms with Gasteiger partial charge in [-0.2, -0.15) is 0 Å². The number of carbonyl (C=O) groups is 1. The van der Waals surface area contributed by atoms with Crippen LogP contribution in [0.5, 0.6) is 0 Å². The van der Waals surface area contributed by atoms with Crippen LogP contribution in [-0.4, -0.2) is 73.0 Å². The Bertz CT molecular complexity index is 846. The molecule has 1 aromatic heterocycles. The van der Waals surface area contributed by atoms with Crippen LogP contribution in [0, 0.1) is 6.92 Å². The molecule has 2 fully saturated rings. The van der Waals surface area contributed by atoms with Crippen molar-refractivity contribution in [2.45, 2.75) is 25.8 Å². The molecular formula is C22H30ClN5OS. The number of amides is 1. The first-order valence-corrected chi connectivity index (χ1v) is 12.0. The lowest BCUT2D eigenvalue weighted by atomic mass is 10.1. The molecule has 0 bridgehead atoms. The second kappa shape index (κ2) is 10.1. The predicted octanol–water partition coefficient (Wildman–Crippen LogP) is 3.18. The summed E-state index contributed by atoms with van der Waals surface area (Å²) in [7, 11) is 0. The Balaban J connectivity index is 1.28. The van der Waals surface area contributed by atoms with E-state index in [0.29, 0.717) is 13.1 Å². The van der Waals surface area contributed by atoms with Crippen molar-refractivity contribution in [3.8, 4) is 0 Å². The van der Waals surface area contributed by atoms with Crippen LogP contribution in [0.3, 0.4) is 0 Å². The zero-order valence-corrected chi connectivity index (χ0v) is 19.1. The number of aromatic nitrogens is 1. The van der Waals surface area contributed by atoms with Crippen LogP contribution < -0.4 is 10.2 Å². The molecule has 0 aliphatic carbocycles. The number of anilines is 1. The van der Waals surface area contributed by atoms with Gasteiger partial charge in [0.25, 0.3) is 0 Å². The Morgan fingerprint density at radius 3 is 2.57 bits per heavy atom. The van der Waals surface area contributed by atoms with E-state index >= 15 is 0 Å². The molecule has 1 atom stereocenters. The lowest BCUT2D eigenvalue weighted by Crippen LogP contribution is -2.50. The highest BCUT2D eigenvalue weighted by Crippen LogP contribution is 2.29. The van der Waals surface area contributed by atoms with Crippen molar-refractivity contribution in [2.24, 2.45) is 0 Å². The molecule has 3 heterocycles. The second-order valence-corrected chi connectivity index (χ2v) is 9.36. The molecule has 2 aliphatic rings. The van der Waals surface area contributed by atoms with E-state index in [-0.39, 0.29) is 11.9 Å². The molecule has 2 aromatic rings. The molecular weight excluding hydrogens is 418 g/mol. The van der Waals surface area contributed by atoms with Gasteiger partial charge in [-0.25, -0.2) is 4.98 Å². The monoisotopic (exact) mass is 447 g/mol. The van der Waals surface area contributed by atoms with Crippen molar-refractivity contribution in [1.29, 1.82) is 0 Å². The number of nitrogens with zero attached hydrogens (tertiary/aromatic N) is 4. The third kappa shape index (κ3) is 5.32. The van der Waals surface area contributed by atoms with Gasteiger partial charge in [0.05, 0.1) is 18.3 Å². The van der Waals surface area contributed by atoms with E-state index in [4.69, 9.17) is 11.6 Å². The molecule has 1 aromatic carbocycles. The van der Waals surface area contributed by atoms with Gasteiger partial charge in [0.15, 0.2) is 5.13 Å². The van der Waals surface area contributed by atoms with Crippen LogP contribution >= 0.6 is 22.9 Å². The third-order valence-corrected chi connectivity index (χ3v) is 7.32.